The lowest BCUT2D eigenvalue weighted by Gasteiger charge is -2.18. The predicted octanol–water partition coefficient (Wildman–Crippen LogP) is 18.9. The standard InChI is InChI=1S/C59H106O5/c1-4-7-10-13-16-19-22-24-26-28-30-31-33-35-38-40-43-46-49-52-58(60)63-56-57(64-59(61)53-50-47-44-41-37-21-18-15-12-9-6-3)55-62-54-51-48-45-42-39-36-34-32-29-27-25-23-20-17-14-11-8-5-2/h16-17,19-20,24-27,30-31,57H,4-15,18,21-23,28-29,32-56H2,1-3H3/b19-16-,20-17-,26-24-,27-25-,31-30-. The molecule has 0 saturated carbocycles. The Hall–Kier alpha value is -2.40. The smallest absolute Gasteiger partial charge is 0.306 e. The van der Waals surface area contributed by atoms with Crippen LogP contribution in [0.15, 0.2) is 60.8 Å². The lowest BCUT2D eigenvalue weighted by atomic mass is 10.1. The van der Waals surface area contributed by atoms with E-state index in [4.69, 9.17) is 14.2 Å². The van der Waals surface area contributed by atoms with E-state index < -0.39 is 6.10 Å². The maximum Gasteiger partial charge on any atom is 0.306 e. The van der Waals surface area contributed by atoms with Crippen molar-refractivity contribution in [3.05, 3.63) is 60.8 Å². The molecule has 1 unspecified atom stereocenters. The molecule has 0 rings (SSSR count). The first-order chi connectivity index (χ1) is 31.6. The van der Waals surface area contributed by atoms with Crippen LogP contribution in [0.5, 0.6) is 0 Å². The van der Waals surface area contributed by atoms with Crippen LogP contribution in [0.3, 0.4) is 0 Å². The van der Waals surface area contributed by atoms with Crippen LogP contribution in [0.1, 0.15) is 278 Å². The Morgan fingerprint density at radius 3 is 1.08 bits per heavy atom. The first-order valence-corrected chi connectivity index (χ1v) is 27.8. The highest BCUT2D eigenvalue weighted by Gasteiger charge is 2.17. The molecule has 5 nitrogen and oxygen atoms in total. The monoisotopic (exact) mass is 895 g/mol. The number of allylic oxidation sites excluding steroid dienone is 10. The average molecular weight is 895 g/mol. The van der Waals surface area contributed by atoms with Gasteiger partial charge in [-0.25, -0.2) is 0 Å². The molecule has 0 amide bonds. The zero-order chi connectivity index (χ0) is 46.3. The van der Waals surface area contributed by atoms with Crippen molar-refractivity contribution in [2.24, 2.45) is 0 Å². The molecular formula is C59H106O5. The van der Waals surface area contributed by atoms with Crippen molar-refractivity contribution < 1.29 is 23.8 Å². The molecule has 1 atom stereocenters. The van der Waals surface area contributed by atoms with Crippen molar-refractivity contribution in [3.8, 4) is 0 Å². The highest BCUT2D eigenvalue weighted by Crippen LogP contribution is 2.15. The molecule has 372 valence electrons. The first kappa shape index (κ1) is 61.6. The van der Waals surface area contributed by atoms with E-state index in [1.54, 1.807) is 0 Å². The van der Waals surface area contributed by atoms with Gasteiger partial charge in [0.15, 0.2) is 6.10 Å². The second-order valence-electron chi connectivity index (χ2n) is 18.5. The van der Waals surface area contributed by atoms with Gasteiger partial charge in [0.2, 0.25) is 0 Å². The number of carbonyl (C=O) groups is 2. The zero-order valence-corrected chi connectivity index (χ0v) is 42.8. The lowest BCUT2D eigenvalue weighted by Crippen LogP contribution is -2.30. The summed E-state index contributed by atoms with van der Waals surface area (Å²) >= 11 is 0. The topological polar surface area (TPSA) is 61.8 Å². The fourth-order valence-corrected chi connectivity index (χ4v) is 7.84. The van der Waals surface area contributed by atoms with Gasteiger partial charge in [0, 0.05) is 19.4 Å². The van der Waals surface area contributed by atoms with Crippen molar-refractivity contribution in [1.82, 2.24) is 0 Å². The van der Waals surface area contributed by atoms with Gasteiger partial charge in [0.25, 0.3) is 0 Å². The first-order valence-electron chi connectivity index (χ1n) is 27.8. The van der Waals surface area contributed by atoms with E-state index in [2.05, 4.69) is 81.5 Å². The molecule has 0 aliphatic heterocycles. The molecule has 0 aromatic carbocycles. The number of hydrogen-bond donors (Lipinski definition) is 0. The van der Waals surface area contributed by atoms with Crippen molar-refractivity contribution in [1.29, 1.82) is 0 Å². The van der Waals surface area contributed by atoms with Crippen LogP contribution in [-0.2, 0) is 23.8 Å². The van der Waals surface area contributed by atoms with Gasteiger partial charge in [0.1, 0.15) is 6.61 Å². The SMILES string of the molecule is CCCCC/C=C\C/C=C\C/C=C\CCCCCCCCC(=O)OCC(COCCCCCCCCCC/C=C\C/C=C\CCCCC)OC(=O)CCCCCCCCCCCCC. The Morgan fingerprint density at radius 1 is 0.344 bits per heavy atom. The molecule has 0 saturated heterocycles. The minimum absolute atomic E-state index is 0.0777. The minimum atomic E-state index is -0.543. The van der Waals surface area contributed by atoms with Crippen LogP contribution in [0.4, 0.5) is 0 Å². The van der Waals surface area contributed by atoms with E-state index in [0.29, 0.717) is 19.4 Å². The van der Waals surface area contributed by atoms with Gasteiger partial charge in [-0.2, -0.15) is 0 Å². The van der Waals surface area contributed by atoms with Crippen molar-refractivity contribution >= 4 is 11.9 Å². The Labute approximate surface area is 398 Å². The normalized spacial score (nSPS) is 12.6. The molecule has 0 radical (unpaired) electrons. The summed E-state index contributed by atoms with van der Waals surface area (Å²) in [6.07, 6.45) is 69.4. The summed E-state index contributed by atoms with van der Waals surface area (Å²) in [5, 5.41) is 0. The van der Waals surface area contributed by atoms with Gasteiger partial charge >= 0.3 is 11.9 Å². The second-order valence-corrected chi connectivity index (χ2v) is 18.5. The van der Waals surface area contributed by atoms with Gasteiger partial charge in [-0.15, -0.1) is 0 Å². The molecule has 5 heteroatoms. The average Bonchev–Trinajstić information content (AvgIpc) is 3.30. The molecular weight excluding hydrogens is 789 g/mol. The fourth-order valence-electron chi connectivity index (χ4n) is 7.84. The van der Waals surface area contributed by atoms with Gasteiger partial charge in [-0.05, 0) is 89.9 Å². The third-order valence-electron chi connectivity index (χ3n) is 12.0. The van der Waals surface area contributed by atoms with Crippen LogP contribution in [0, 0.1) is 0 Å². The summed E-state index contributed by atoms with van der Waals surface area (Å²) in [6, 6.07) is 0. The maximum absolute atomic E-state index is 12.8. The molecule has 0 fully saturated rings. The Morgan fingerprint density at radius 2 is 0.656 bits per heavy atom. The summed E-state index contributed by atoms with van der Waals surface area (Å²) in [5.74, 6) is -0.406. The van der Waals surface area contributed by atoms with Crippen molar-refractivity contribution in [2.75, 3.05) is 19.8 Å². The van der Waals surface area contributed by atoms with E-state index in [1.807, 2.05) is 0 Å². The minimum Gasteiger partial charge on any atom is -0.462 e. The molecule has 0 aliphatic rings. The van der Waals surface area contributed by atoms with Crippen LogP contribution in [0.25, 0.3) is 0 Å². The number of carbonyl (C=O) groups excluding carboxylic acids is 2. The fraction of sp³-hybridized carbons (Fsp3) is 0.797. The summed E-state index contributed by atoms with van der Waals surface area (Å²) in [5.41, 5.74) is 0. The third kappa shape index (κ3) is 52.2. The van der Waals surface area contributed by atoms with Gasteiger partial charge in [-0.3, -0.25) is 9.59 Å². The highest BCUT2D eigenvalue weighted by atomic mass is 16.6. The number of hydrogen-bond acceptors (Lipinski definition) is 5. The van der Waals surface area contributed by atoms with Crippen molar-refractivity contribution in [2.45, 2.75) is 284 Å². The number of esters is 2. The molecule has 0 aromatic heterocycles. The summed E-state index contributed by atoms with van der Waals surface area (Å²) in [6.45, 7) is 7.78. The second kappa shape index (κ2) is 54.9. The summed E-state index contributed by atoms with van der Waals surface area (Å²) < 4.78 is 17.4. The molecule has 0 aromatic rings. The molecule has 64 heavy (non-hydrogen) atoms. The largest absolute Gasteiger partial charge is 0.462 e. The zero-order valence-electron chi connectivity index (χ0n) is 42.8. The van der Waals surface area contributed by atoms with E-state index in [9.17, 15) is 9.59 Å². The van der Waals surface area contributed by atoms with Crippen molar-refractivity contribution in [3.63, 3.8) is 0 Å². The number of unbranched alkanes of at least 4 members (excludes halogenated alkanes) is 30. The highest BCUT2D eigenvalue weighted by molar-refractivity contribution is 5.70. The molecule has 0 aliphatic carbocycles. The maximum atomic E-state index is 12.8. The predicted molar refractivity (Wildman–Crippen MR) is 279 cm³/mol. The molecule has 0 bridgehead atoms. The van der Waals surface area contributed by atoms with Crippen LogP contribution in [-0.4, -0.2) is 37.9 Å². The summed E-state index contributed by atoms with van der Waals surface area (Å²) in [4.78, 5) is 25.4. The quantitative estimate of drug-likeness (QED) is 0.0346. The van der Waals surface area contributed by atoms with Gasteiger partial charge in [-0.1, -0.05) is 236 Å². The van der Waals surface area contributed by atoms with E-state index in [-0.39, 0.29) is 25.2 Å². The molecule has 0 heterocycles. The van der Waals surface area contributed by atoms with E-state index in [0.717, 1.165) is 70.6 Å². The van der Waals surface area contributed by atoms with Crippen LogP contribution in [0.2, 0.25) is 0 Å². The van der Waals surface area contributed by atoms with Gasteiger partial charge in [0.05, 0.1) is 6.61 Å². The Kier molecular flexibility index (Phi) is 52.9. The summed E-state index contributed by atoms with van der Waals surface area (Å²) in [7, 11) is 0. The van der Waals surface area contributed by atoms with E-state index >= 15 is 0 Å². The Balaban J connectivity index is 4.24. The molecule has 0 N–H and O–H groups in total. The van der Waals surface area contributed by atoms with E-state index in [1.165, 1.54) is 173 Å². The van der Waals surface area contributed by atoms with Gasteiger partial charge < -0.3 is 14.2 Å². The number of ether oxygens (including phenoxy) is 3. The lowest BCUT2D eigenvalue weighted by molar-refractivity contribution is -0.163. The van der Waals surface area contributed by atoms with Crippen LogP contribution < -0.4 is 0 Å². The number of rotatable bonds is 51. The van der Waals surface area contributed by atoms with Crippen LogP contribution >= 0.6 is 0 Å². The third-order valence-corrected chi connectivity index (χ3v) is 12.0. The Bertz CT molecular complexity index is 1100. The molecule has 0 spiro atoms.